The van der Waals surface area contributed by atoms with E-state index in [1.807, 2.05) is 65.8 Å². The molecule has 7 rings (SSSR count). The number of hydrogen-bond donors (Lipinski definition) is 0. The molecule has 52 heavy (non-hydrogen) atoms. The monoisotopic (exact) mass is 690 g/mol. The molecule has 0 N–H and O–H groups in total. The second-order valence-electron chi connectivity index (χ2n) is 14.6. The Balaban J connectivity index is 1.12. The fraction of sp³-hybridized carbons (Fsp3) is 0.222. The predicted octanol–water partition coefficient (Wildman–Crippen LogP) is 10.5. The number of imide groups is 1. The highest BCUT2D eigenvalue weighted by Gasteiger charge is 2.37. The van der Waals surface area contributed by atoms with Crippen molar-refractivity contribution in [2.24, 2.45) is 0 Å². The van der Waals surface area contributed by atoms with Crippen molar-refractivity contribution in [2.75, 3.05) is 4.90 Å². The summed E-state index contributed by atoms with van der Waals surface area (Å²) in [7, 11) is 0. The van der Waals surface area contributed by atoms with Crippen molar-refractivity contribution in [3.63, 3.8) is 0 Å². The van der Waals surface area contributed by atoms with Crippen molar-refractivity contribution < 1.29 is 23.9 Å². The van der Waals surface area contributed by atoms with Crippen LogP contribution in [-0.2, 0) is 5.41 Å². The maximum atomic E-state index is 13.3. The molecular formula is C45H42N2O5. The molecule has 7 nitrogen and oxygen atoms in total. The van der Waals surface area contributed by atoms with Gasteiger partial charge in [-0.3, -0.25) is 14.4 Å². The molecular weight excluding hydrogens is 649 g/mol. The second kappa shape index (κ2) is 12.7. The molecule has 0 unspecified atom stereocenters. The standard InChI is InChI=1S/C45H42N2O5/c1-25(2)46-30(7)36-17-15-34(23-38(36)43(46)49)51-40-26(3)19-31(20-27(40)4)45(8,9)32-21-28(5)41(29(6)22-32)52-35-16-18-37-39(24-35)44(50)47(42(37)48)33-13-11-10-12-14-33/h10-25H,7H2,1-6,8-9H3. The Morgan fingerprint density at radius 3 is 1.50 bits per heavy atom. The van der Waals surface area contributed by atoms with Crippen LogP contribution in [0.1, 0.15) is 97.7 Å². The lowest BCUT2D eigenvalue weighted by molar-refractivity contribution is 0.0819. The van der Waals surface area contributed by atoms with Crippen LogP contribution in [0.5, 0.6) is 23.0 Å². The number of ether oxygens (including phenoxy) is 2. The molecule has 0 fully saturated rings. The SMILES string of the molecule is C=C1c2ccc(Oc3c(C)cc(C(C)(C)c4cc(C)c(Oc5ccc6c(c5)C(=O)N(c5ccccc5)C6=O)c(C)c4)cc3C)cc2C(=O)N1C(C)C. The summed E-state index contributed by atoms with van der Waals surface area (Å²) >= 11 is 0. The Labute approximate surface area is 305 Å². The number of carbonyl (C=O) groups is 3. The quantitative estimate of drug-likeness (QED) is 0.152. The zero-order chi connectivity index (χ0) is 37.2. The van der Waals surface area contributed by atoms with Gasteiger partial charge in [0.15, 0.2) is 0 Å². The summed E-state index contributed by atoms with van der Waals surface area (Å²) in [6.07, 6.45) is 0. The molecule has 3 amide bonds. The van der Waals surface area contributed by atoms with Crippen LogP contribution in [0.3, 0.4) is 0 Å². The highest BCUT2D eigenvalue weighted by atomic mass is 16.5. The van der Waals surface area contributed by atoms with Gasteiger partial charge >= 0.3 is 0 Å². The van der Waals surface area contributed by atoms with Crippen LogP contribution < -0.4 is 14.4 Å². The molecule has 0 spiro atoms. The number of hydrogen-bond acceptors (Lipinski definition) is 5. The molecule has 2 aliphatic rings. The van der Waals surface area contributed by atoms with Crippen LogP contribution in [0, 0.1) is 27.7 Å². The van der Waals surface area contributed by atoms with Crippen molar-refractivity contribution in [1.29, 1.82) is 0 Å². The van der Waals surface area contributed by atoms with Crippen LogP contribution in [0.15, 0.2) is 97.6 Å². The minimum atomic E-state index is -0.365. The average Bonchev–Trinajstić information content (AvgIpc) is 3.51. The smallest absolute Gasteiger partial charge is 0.266 e. The highest BCUT2D eigenvalue weighted by molar-refractivity contribution is 6.34. The van der Waals surface area contributed by atoms with Crippen molar-refractivity contribution in [2.45, 2.75) is 66.8 Å². The predicted molar refractivity (Wildman–Crippen MR) is 205 cm³/mol. The van der Waals surface area contributed by atoms with E-state index >= 15 is 0 Å². The van der Waals surface area contributed by atoms with Crippen molar-refractivity contribution >= 4 is 29.1 Å². The Hall–Kier alpha value is -5.95. The molecule has 0 aliphatic carbocycles. The van der Waals surface area contributed by atoms with Gasteiger partial charge in [-0.2, -0.15) is 0 Å². The number of carbonyl (C=O) groups excluding carboxylic acids is 3. The van der Waals surface area contributed by atoms with Crippen molar-refractivity contribution in [1.82, 2.24) is 4.90 Å². The normalized spacial score (nSPS) is 14.0. The second-order valence-corrected chi connectivity index (χ2v) is 14.6. The first-order chi connectivity index (χ1) is 24.7. The third-order valence-corrected chi connectivity index (χ3v) is 10.2. The van der Waals surface area contributed by atoms with Gasteiger partial charge in [-0.05, 0) is 123 Å². The summed E-state index contributed by atoms with van der Waals surface area (Å²) in [5, 5.41) is 0. The molecule has 7 heteroatoms. The molecule has 0 aromatic heterocycles. The van der Waals surface area contributed by atoms with Crippen LogP contribution in [0.25, 0.3) is 5.70 Å². The largest absolute Gasteiger partial charge is 0.457 e. The summed E-state index contributed by atoms with van der Waals surface area (Å²) < 4.78 is 12.8. The molecule has 0 saturated carbocycles. The summed E-state index contributed by atoms with van der Waals surface area (Å²) in [4.78, 5) is 42.5. The van der Waals surface area contributed by atoms with E-state index in [0.29, 0.717) is 39.6 Å². The number of anilines is 1. The van der Waals surface area contributed by atoms with Crippen molar-refractivity contribution in [3.8, 4) is 23.0 Å². The van der Waals surface area contributed by atoms with E-state index in [1.54, 1.807) is 47.4 Å². The van der Waals surface area contributed by atoms with Gasteiger partial charge in [-0.15, -0.1) is 0 Å². The number of benzene rings is 5. The molecule has 0 saturated heterocycles. The van der Waals surface area contributed by atoms with Gasteiger partial charge in [0, 0.05) is 22.7 Å². The summed E-state index contributed by atoms with van der Waals surface area (Å²) in [5.74, 6) is 1.81. The Kier molecular flexibility index (Phi) is 8.41. The minimum Gasteiger partial charge on any atom is -0.457 e. The number of nitrogens with zero attached hydrogens (tertiary/aromatic N) is 2. The molecule has 5 aromatic carbocycles. The first kappa shape index (κ1) is 34.5. The van der Waals surface area contributed by atoms with Gasteiger partial charge in [0.25, 0.3) is 17.7 Å². The van der Waals surface area contributed by atoms with Crippen LogP contribution in [0.2, 0.25) is 0 Å². The van der Waals surface area contributed by atoms with Gasteiger partial charge in [0.1, 0.15) is 23.0 Å². The van der Waals surface area contributed by atoms with Crippen molar-refractivity contribution in [3.05, 3.63) is 153 Å². The van der Waals surface area contributed by atoms with E-state index in [4.69, 9.17) is 9.47 Å². The van der Waals surface area contributed by atoms with E-state index < -0.39 is 0 Å². The third-order valence-electron chi connectivity index (χ3n) is 10.2. The number of aryl methyl sites for hydroxylation is 4. The number of amides is 3. The van der Waals surface area contributed by atoms with E-state index in [1.165, 1.54) is 4.90 Å². The summed E-state index contributed by atoms with van der Waals surface area (Å²) in [6.45, 7) is 20.7. The maximum Gasteiger partial charge on any atom is 0.266 e. The van der Waals surface area contributed by atoms with Gasteiger partial charge < -0.3 is 14.4 Å². The fourth-order valence-electron chi connectivity index (χ4n) is 7.39. The molecule has 2 heterocycles. The number of fused-ring (bicyclic) bond motifs is 2. The van der Waals surface area contributed by atoms with Gasteiger partial charge in [0.2, 0.25) is 0 Å². The first-order valence-corrected chi connectivity index (χ1v) is 17.5. The summed E-state index contributed by atoms with van der Waals surface area (Å²) in [5.41, 5.74) is 9.20. The molecule has 0 atom stereocenters. The first-order valence-electron chi connectivity index (χ1n) is 17.5. The van der Waals surface area contributed by atoms with Crippen LogP contribution in [-0.4, -0.2) is 28.7 Å². The Morgan fingerprint density at radius 2 is 1.02 bits per heavy atom. The maximum absolute atomic E-state index is 13.3. The number of para-hydroxylation sites is 1. The third kappa shape index (κ3) is 5.66. The van der Waals surface area contributed by atoms with Gasteiger partial charge in [-0.1, -0.05) is 62.9 Å². The van der Waals surface area contributed by atoms with E-state index in [-0.39, 0.29) is 29.2 Å². The molecule has 0 radical (unpaired) electrons. The lowest BCUT2D eigenvalue weighted by atomic mass is 9.76. The van der Waals surface area contributed by atoms with Gasteiger partial charge in [0.05, 0.1) is 22.4 Å². The van der Waals surface area contributed by atoms with E-state index in [2.05, 4.69) is 44.7 Å². The lowest BCUT2D eigenvalue weighted by Gasteiger charge is -2.29. The minimum absolute atomic E-state index is 0.0187. The highest BCUT2D eigenvalue weighted by Crippen LogP contribution is 2.42. The topological polar surface area (TPSA) is 76.1 Å². The Bertz CT molecular complexity index is 2290. The Morgan fingerprint density at radius 1 is 0.577 bits per heavy atom. The lowest BCUT2D eigenvalue weighted by Crippen LogP contribution is -2.29. The van der Waals surface area contributed by atoms with E-state index in [0.717, 1.165) is 50.4 Å². The summed E-state index contributed by atoms with van der Waals surface area (Å²) in [6, 6.07) is 28.3. The number of rotatable bonds is 8. The average molecular weight is 691 g/mol. The van der Waals surface area contributed by atoms with E-state index in [9.17, 15) is 14.4 Å². The molecule has 5 aromatic rings. The zero-order valence-corrected chi connectivity index (χ0v) is 30.9. The zero-order valence-electron chi connectivity index (χ0n) is 30.9. The molecule has 262 valence electrons. The van der Waals surface area contributed by atoms with Crippen LogP contribution >= 0.6 is 0 Å². The molecule has 0 bridgehead atoms. The fourth-order valence-corrected chi connectivity index (χ4v) is 7.39. The van der Waals surface area contributed by atoms with Crippen LogP contribution in [0.4, 0.5) is 5.69 Å². The molecule has 2 aliphatic heterocycles. The van der Waals surface area contributed by atoms with Gasteiger partial charge in [-0.25, -0.2) is 4.90 Å².